The van der Waals surface area contributed by atoms with E-state index in [4.69, 9.17) is 11.6 Å². The van der Waals surface area contributed by atoms with Crippen molar-refractivity contribution >= 4 is 11.6 Å². The minimum atomic E-state index is 0.295. The van der Waals surface area contributed by atoms with Crippen LogP contribution in [0.3, 0.4) is 0 Å². The van der Waals surface area contributed by atoms with Gasteiger partial charge in [-0.3, -0.25) is 0 Å². The van der Waals surface area contributed by atoms with Gasteiger partial charge >= 0.3 is 0 Å². The van der Waals surface area contributed by atoms with Crippen LogP contribution in [0, 0.1) is 12.3 Å². The topological polar surface area (TPSA) is 12.0 Å². The zero-order valence-corrected chi connectivity index (χ0v) is 13.8. The Bertz CT molecular complexity index is 393. The van der Waals surface area contributed by atoms with Crippen molar-refractivity contribution in [2.24, 2.45) is 5.41 Å². The summed E-state index contributed by atoms with van der Waals surface area (Å²) in [4.78, 5) is 0. The summed E-state index contributed by atoms with van der Waals surface area (Å²) in [6, 6.07) is 6.97. The Hall–Kier alpha value is -0.530. The standard InChI is InChI=1S/C17H28ClN/c1-6-11-19-16(17(3,4)5)10-9-14-8-7-13(2)15(18)12-14/h7-8,12,16,19H,6,9-11H2,1-5H3. The highest BCUT2D eigenvalue weighted by molar-refractivity contribution is 6.31. The molecule has 108 valence electrons. The van der Waals surface area contributed by atoms with E-state index in [2.05, 4.69) is 51.2 Å². The first-order valence-electron chi connectivity index (χ1n) is 7.33. The van der Waals surface area contributed by atoms with Gasteiger partial charge in [0.1, 0.15) is 0 Å². The summed E-state index contributed by atoms with van der Waals surface area (Å²) >= 11 is 6.19. The van der Waals surface area contributed by atoms with Gasteiger partial charge in [0.25, 0.3) is 0 Å². The first-order chi connectivity index (χ1) is 8.84. The number of benzene rings is 1. The molecular formula is C17H28ClN. The van der Waals surface area contributed by atoms with Crippen molar-refractivity contribution in [1.29, 1.82) is 0 Å². The van der Waals surface area contributed by atoms with Crippen LogP contribution in [0.4, 0.5) is 0 Å². The molecule has 0 spiro atoms. The number of hydrogen-bond donors (Lipinski definition) is 1. The van der Waals surface area contributed by atoms with Gasteiger partial charge in [0.05, 0.1) is 0 Å². The van der Waals surface area contributed by atoms with Crippen molar-refractivity contribution in [3.8, 4) is 0 Å². The molecule has 0 saturated carbocycles. The van der Waals surface area contributed by atoms with Crippen molar-refractivity contribution in [2.45, 2.75) is 59.9 Å². The molecule has 0 aliphatic heterocycles. The maximum absolute atomic E-state index is 6.19. The van der Waals surface area contributed by atoms with Crippen LogP contribution in [-0.4, -0.2) is 12.6 Å². The van der Waals surface area contributed by atoms with Gasteiger partial charge < -0.3 is 5.32 Å². The Kier molecular flexibility index (Phi) is 6.35. The second kappa shape index (κ2) is 7.31. The van der Waals surface area contributed by atoms with E-state index < -0.39 is 0 Å². The van der Waals surface area contributed by atoms with E-state index >= 15 is 0 Å². The first-order valence-corrected chi connectivity index (χ1v) is 7.70. The van der Waals surface area contributed by atoms with E-state index in [9.17, 15) is 0 Å². The predicted molar refractivity (Wildman–Crippen MR) is 86.0 cm³/mol. The third kappa shape index (κ3) is 5.54. The van der Waals surface area contributed by atoms with Crippen LogP contribution < -0.4 is 5.32 Å². The fourth-order valence-corrected chi connectivity index (χ4v) is 2.47. The van der Waals surface area contributed by atoms with Gasteiger partial charge in [0.2, 0.25) is 0 Å². The summed E-state index contributed by atoms with van der Waals surface area (Å²) in [5.41, 5.74) is 2.79. The van der Waals surface area contributed by atoms with Crippen LogP contribution >= 0.6 is 11.6 Å². The minimum absolute atomic E-state index is 0.295. The van der Waals surface area contributed by atoms with Gasteiger partial charge in [-0.2, -0.15) is 0 Å². The zero-order chi connectivity index (χ0) is 14.5. The molecule has 19 heavy (non-hydrogen) atoms. The molecule has 0 saturated heterocycles. The summed E-state index contributed by atoms with van der Waals surface area (Å²) in [6.07, 6.45) is 3.42. The smallest absolute Gasteiger partial charge is 0.0437 e. The van der Waals surface area contributed by atoms with E-state index in [-0.39, 0.29) is 0 Å². The van der Waals surface area contributed by atoms with E-state index in [1.165, 1.54) is 12.0 Å². The Labute approximate surface area is 123 Å². The van der Waals surface area contributed by atoms with E-state index in [1.54, 1.807) is 0 Å². The molecule has 1 rings (SSSR count). The van der Waals surface area contributed by atoms with Gasteiger partial charge in [0.15, 0.2) is 0 Å². The van der Waals surface area contributed by atoms with Gasteiger partial charge in [0, 0.05) is 11.1 Å². The average Bonchev–Trinajstić information content (AvgIpc) is 2.32. The van der Waals surface area contributed by atoms with Crippen molar-refractivity contribution in [3.63, 3.8) is 0 Å². The Morgan fingerprint density at radius 2 is 1.95 bits per heavy atom. The molecular weight excluding hydrogens is 254 g/mol. The fourth-order valence-electron chi connectivity index (χ4n) is 2.26. The average molecular weight is 282 g/mol. The Balaban J connectivity index is 2.62. The number of halogens is 1. The lowest BCUT2D eigenvalue weighted by atomic mass is 9.83. The van der Waals surface area contributed by atoms with Crippen LogP contribution in [0.1, 0.15) is 51.7 Å². The molecule has 1 unspecified atom stereocenters. The number of nitrogens with one attached hydrogen (secondary N) is 1. The van der Waals surface area contributed by atoms with Gasteiger partial charge in [-0.15, -0.1) is 0 Å². The summed E-state index contributed by atoms with van der Waals surface area (Å²) in [5.74, 6) is 0. The minimum Gasteiger partial charge on any atom is -0.313 e. The molecule has 0 radical (unpaired) electrons. The summed E-state index contributed by atoms with van der Waals surface area (Å²) in [7, 11) is 0. The molecule has 0 bridgehead atoms. The number of aryl methyl sites for hydroxylation is 2. The van der Waals surface area contributed by atoms with Crippen LogP contribution in [0.15, 0.2) is 18.2 Å². The molecule has 0 amide bonds. The highest BCUT2D eigenvalue weighted by Crippen LogP contribution is 2.24. The molecule has 1 aromatic carbocycles. The second-order valence-corrected chi connectivity index (χ2v) is 6.90. The molecule has 0 aliphatic rings. The Morgan fingerprint density at radius 1 is 1.26 bits per heavy atom. The lowest BCUT2D eigenvalue weighted by Crippen LogP contribution is -2.41. The van der Waals surface area contributed by atoms with Gasteiger partial charge in [-0.05, 0) is 55.3 Å². The van der Waals surface area contributed by atoms with E-state index in [0.29, 0.717) is 11.5 Å². The van der Waals surface area contributed by atoms with Crippen molar-refractivity contribution in [2.75, 3.05) is 6.54 Å². The SMILES string of the molecule is CCCNC(CCc1ccc(C)c(Cl)c1)C(C)(C)C. The Morgan fingerprint density at radius 3 is 2.47 bits per heavy atom. The van der Waals surface area contributed by atoms with Crippen LogP contribution in [-0.2, 0) is 6.42 Å². The van der Waals surface area contributed by atoms with Crippen molar-refractivity contribution in [1.82, 2.24) is 5.32 Å². The zero-order valence-electron chi connectivity index (χ0n) is 13.0. The highest BCUT2D eigenvalue weighted by atomic mass is 35.5. The van der Waals surface area contributed by atoms with E-state index in [1.807, 2.05) is 6.92 Å². The normalized spacial score (nSPS) is 13.6. The third-order valence-corrected chi connectivity index (χ3v) is 4.05. The number of hydrogen-bond acceptors (Lipinski definition) is 1. The number of rotatable bonds is 6. The molecule has 1 atom stereocenters. The largest absolute Gasteiger partial charge is 0.313 e. The molecule has 0 aliphatic carbocycles. The molecule has 0 aromatic heterocycles. The third-order valence-electron chi connectivity index (χ3n) is 3.64. The molecule has 1 N–H and O–H groups in total. The van der Waals surface area contributed by atoms with Gasteiger partial charge in [-0.1, -0.05) is 51.4 Å². The quantitative estimate of drug-likeness (QED) is 0.774. The predicted octanol–water partition coefficient (Wildman–Crippen LogP) is 5.00. The molecule has 1 nitrogen and oxygen atoms in total. The monoisotopic (exact) mass is 281 g/mol. The summed E-state index contributed by atoms with van der Waals surface area (Å²) < 4.78 is 0. The summed E-state index contributed by atoms with van der Waals surface area (Å²) in [5, 5.41) is 4.55. The molecule has 0 fully saturated rings. The van der Waals surface area contributed by atoms with Crippen LogP contribution in [0.5, 0.6) is 0 Å². The van der Waals surface area contributed by atoms with Crippen molar-refractivity contribution < 1.29 is 0 Å². The lowest BCUT2D eigenvalue weighted by molar-refractivity contribution is 0.255. The first kappa shape index (κ1) is 16.5. The molecule has 1 aromatic rings. The second-order valence-electron chi connectivity index (χ2n) is 6.49. The summed E-state index contributed by atoms with van der Waals surface area (Å²) in [6.45, 7) is 12.3. The van der Waals surface area contributed by atoms with E-state index in [0.717, 1.165) is 30.0 Å². The van der Waals surface area contributed by atoms with Crippen LogP contribution in [0.2, 0.25) is 5.02 Å². The van der Waals surface area contributed by atoms with Crippen LogP contribution in [0.25, 0.3) is 0 Å². The fraction of sp³-hybridized carbons (Fsp3) is 0.647. The van der Waals surface area contributed by atoms with Gasteiger partial charge in [-0.25, -0.2) is 0 Å². The highest BCUT2D eigenvalue weighted by Gasteiger charge is 2.23. The molecule has 2 heteroatoms. The maximum atomic E-state index is 6.19. The van der Waals surface area contributed by atoms with Crippen molar-refractivity contribution in [3.05, 3.63) is 34.3 Å². The lowest BCUT2D eigenvalue weighted by Gasteiger charge is -2.32. The maximum Gasteiger partial charge on any atom is 0.0437 e. The molecule has 0 heterocycles.